The summed E-state index contributed by atoms with van der Waals surface area (Å²) in [6.45, 7) is 1.000. The maximum atomic E-state index is 12.9. The van der Waals surface area contributed by atoms with E-state index in [1.165, 1.54) is 4.90 Å². The van der Waals surface area contributed by atoms with E-state index in [0.29, 0.717) is 35.7 Å². The van der Waals surface area contributed by atoms with Gasteiger partial charge in [-0.15, -0.1) is 0 Å². The summed E-state index contributed by atoms with van der Waals surface area (Å²) in [6, 6.07) is 9.30. The van der Waals surface area contributed by atoms with E-state index in [0.717, 1.165) is 0 Å². The summed E-state index contributed by atoms with van der Waals surface area (Å²) >= 11 is 5.93. The smallest absolute Gasteiger partial charge is 0.295 e. The maximum absolute atomic E-state index is 12.9. The van der Waals surface area contributed by atoms with Crippen LogP contribution in [0.1, 0.15) is 23.6 Å². The molecular formula is C22H19ClN4O3. The zero-order chi connectivity index (χ0) is 21.1. The van der Waals surface area contributed by atoms with Crippen molar-refractivity contribution >= 4 is 29.1 Å². The molecule has 0 aliphatic carbocycles. The molecule has 2 aromatic heterocycles. The Bertz CT molecular complexity index is 1080. The number of aryl methyl sites for hydroxylation is 1. The highest BCUT2D eigenvalue weighted by molar-refractivity contribution is 6.46. The number of aromatic nitrogens is 3. The van der Waals surface area contributed by atoms with Crippen molar-refractivity contribution in [1.82, 2.24) is 19.4 Å². The monoisotopic (exact) mass is 422 g/mol. The molecule has 1 saturated heterocycles. The Hall–Kier alpha value is -3.45. The van der Waals surface area contributed by atoms with E-state index in [-0.39, 0.29) is 11.3 Å². The molecule has 0 spiro atoms. The quantitative estimate of drug-likeness (QED) is 0.373. The number of likely N-dealkylation sites (tertiary alicyclic amines) is 1. The number of hydrogen-bond acceptors (Lipinski definition) is 5. The average molecular weight is 423 g/mol. The van der Waals surface area contributed by atoms with Crippen molar-refractivity contribution in [3.8, 4) is 0 Å². The molecule has 8 heteroatoms. The third kappa shape index (κ3) is 3.84. The van der Waals surface area contributed by atoms with Crippen LogP contribution in [0.5, 0.6) is 0 Å². The van der Waals surface area contributed by atoms with Crippen LogP contribution in [0.15, 0.2) is 73.1 Å². The van der Waals surface area contributed by atoms with Crippen LogP contribution in [-0.4, -0.2) is 42.8 Å². The molecule has 7 nitrogen and oxygen atoms in total. The second kappa shape index (κ2) is 8.51. The van der Waals surface area contributed by atoms with Crippen LogP contribution in [-0.2, 0) is 16.1 Å². The van der Waals surface area contributed by atoms with Crippen molar-refractivity contribution in [1.29, 1.82) is 0 Å². The summed E-state index contributed by atoms with van der Waals surface area (Å²) in [6.07, 6.45) is 9.08. The first-order chi connectivity index (χ1) is 14.6. The first-order valence-electron chi connectivity index (χ1n) is 9.46. The Morgan fingerprint density at radius 2 is 1.87 bits per heavy atom. The number of aliphatic hydroxyl groups excluding tert-OH is 1. The van der Waals surface area contributed by atoms with Gasteiger partial charge in [-0.05, 0) is 42.3 Å². The van der Waals surface area contributed by atoms with Crippen LogP contribution in [0.3, 0.4) is 0 Å². The molecule has 0 saturated carbocycles. The second-order valence-electron chi connectivity index (χ2n) is 6.94. The molecular weight excluding hydrogens is 404 g/mol. The van der Waals surface area contributed by atoms with Gasteiger partial charge in [-0.2, -0.15) is 0 Å². The molecule has 1 aliphatic rings. The largest absolute Gasteiger partial charge is 0.507 e. The minimum atomic E-state index is -0.711. The van der Waals surface area contributed by atoms with Crippen molar-refractivity contribution < 1.29 is 14.7 Å². The van der Waals surface area contributed by atoms with Crippen molar-refractivity contribution in [2.75, 3.05) is 6.54 Å². The normalized spacial score (nSPS) is 18.2. The molecule has 0 radical (unpaired) electrons. The summed E-state index contributed by atoms with van der Waals surface area (Å²) in [7, 11) is 0. The Morgan fingerprint density at radius 1 is 1.07 bits per heavy atom. The topological polar surface area (TPSA) is 88.3 Å². The molecule has 3 aromatic rings. The fourth-order valence-corrected chi connectivity index (χ4v) is 3.73. The number of halogens is 1. The molecule has 1 atom stereocenters. The molecule has 1 aromatic carbocycles. The van der Waals surface area contributed by atoms with Gasteiger partial charge in [-0.25, -0.2) is 4.98 Å². The number of nitrogens with zero attached hydrogens (tertiary/aromatic N) is 4. The van der Waals surface area contributed by atoms with Crippen LogP contribution < -0.4 is 0 Å². The standard InChI is InChI=1S/C22H19ClN4O3/c23-17-6-4-15(5-7-17)20(28)18-19(16-3-1-8-24-13-16)27(22(30)21(18)29)11-2-10-26-12-9-25-14-26/h1,3-9,12-14,19,28H,2,10-11H2/b20-18-. The van der Waals surface area contributed by atoms with E-state index < -0.39 is 17.7 Å². The molecule has 1 N–H and O–H groups in total. The first kappa shape index (κ1) is 19.8. The Balaban J connectivity index is 1.71. The fourth-order valence-electron chi connectivity index (χ4n) is 3.60. The summed E-state index contributed by atoms with van der Waals surface area (Å²) in [5, 5.41) is 11.4. The lowest BCUT2D eigenvalue weighted by Crippen LogP contribution is -2.31. The summed E-state index contributed by atoms with van der Waals surface area (Å²) in [5.74, 6) is -1.57. The molecule has 1 fully saturated rings. The third-order valence-electron chi connectivity index (χ3n) is 5.03. The van der Waals surface area contributed by atoms with Crippen LogP contribution in [0, 0.1) is 0 Å². The lowest BCUT2D eigenvalue weighted by molar-refractivity contribution is -0.139. The lowest BCUT2D eigenvalue weighted by Gasteiger charge is -2.25. The number of pyridine rings is 1. The number of carbonyl (C=O) groups excluding carboxylic acids is 2. The van der Waals surface area contributed by atoms with Crippen LogP contribution in [0.25, 0.3) is 5.76 Å². The SMILES string of the molecule is O=C1C(=O)N(CCCn2ccnc2)C(c2cccnc2)/C1=C(/O)c1ccc(Cl)cc1. The number of carbonyl (C=O) groups is 2. The van der Waals surface area contributed by atoms with E-state index in [9.17, 15) is 14.7 Å². The van der Waals surface area contributed by atoms with E-state index >= 15 is 0 Å². The fraction of sp³-hybridized carbons (Fsp3) is 0.182. The second-order valence-corrected chi connectivity index (χ2v) is 7.38. The molecule has 1 amide bonds. The molecule has 4 rings (SSSR count). The van der Waals surface area contributed by atoms with Gasteiger partial charge in [0.2, 0.25) is 0 Å². The van der Waals surface area contributed by atoms with Crippen molar-refractivity contribution in [3.05, 3.63) is 89.2 Å². The summed E-state index contributed by atoms with van der Waals surface area (Å²) in [4.78, 5) is 35.4. The van der Waals surface area contributed by atoms with E-state index in [1.807, 2.05) is 10.8 Å². The third-order valence-corrected chi connectivity index (χ3v) is 5.28. The summed E-state index contributed by atoms with van der Waals surface area (Å²) in [5.41, 5.74) is 1.14. The van der Waals surface area contributed by atoms with E-state index in [2.05, 4.69) is 9.97 Å². The molecule has 3 heterocycles. The number of aliphatic hydroxyl groups is 1. The van der Waals surface area contributed by atoms with Crippen LogP contribution in [0.4, 0.5) is 0 Å². The Labute approximate surface area is 178 Å². The first-order valence-corrected chi connectivity index (χ1v) is 9.84. The number of hydrogen-bond donors (Lipinski definition) is 1. The van der Waals surface area contributed by atoms with Crippen molar-refractivity contribution in [2.24, 2.45) is 0 Å². The number of imidazole rings is 1. The van der Waals surface area contributed by atoms with E-state index in [1.54, 1.807) is 61.3 Å². The van der Waals surface area contributed by atoms with Gasteiger partial charge < -0.3 is 14.6 Å². The molecule has 30 heavy (non-hydrogen) atoms. The molecule has 152 valence electrons. The zero-order valence-corrected chi connectivity index (χ0v) is 16.7. The van der Waals surface area contributed by atoms with Crippen LogP contribution >= 0.6 is 11.6 Å². The van der Waals surface area contributed by atoms with Gasteiger partial charge in [0.15, 0.2) is 0 Å². The van der Waals surface area contributed by atoms with Gasteiger partial charge in [0.1, 0.15) is 5.76 Å². The number of amides is 1. The molecule has 0 bridgehead atoms. The molecule has 1 unspecified atom stereocenters. The number of benzene rings is 1. The van der Waals surface area contributed by atoms with Gasteiger partial charge in [0, 0.05) is 48.5 Å². The van der Waals surface area contributed by atoms with Crippen LogP contribution in [0.2, 0.25) is 5.02 Å². The van der Waals surface area contributed by atoms with Gasteiger partial charge >= 0.3 is 0 Å². The van der Waals surface area contributed by atoms with Crippen molar-refractivity contribution in [3.63, 3.8) is 0 Å². The Kier molecular flexibility index (Phi) is 5.63. The highest BCUT2D eigenvalue weighted by Gasteiger charge is 2.45. The highest BCUT2D eigenvalue weighted by Crippen LogP contribution is 2.39. The van der Waals surface area contributed by atoms with Gasteiger partial charge in [0.25, 0.3) is 11.7 Å². The van der Waals surface area contributed by atoms with E-state index in [4.69, 9.17) is 11.6 Å². The Morgan fingerprint density at radius 3 is 2.53 bits per heavy atom. The predicted molar refractivity (Wildman–Crippen MR) is 112 cm³/mol. The summed E-state index contributed by atoms with van der Waals surface area (Å²) < 4.78 is 1.91. The molecule has 1 aliphatic heterocycles. The van der Waals surface area contributed by atoms with Crippen molar-refractivity contribution in [2.45, 2.75) is 19.0 Å². The highest BCUT2D eigenvalue weighted by atomic mass is 35.5. The number of ketones is 1. The predicted octanol–water partition coefficient (Wildman–Crippen LogP) is 3.44. The van der Waals surface area contributed by atoms with Gasteiger partial charge in [-0.3, -0.25) is 14.6 Å². The number of rotatable bonds is 6. The zero-order valence-electron chi connectivity index (χ0n) is 16.0. The minimum Gasteiger partial charge on any atom is -0.507 e. The number of Topliss-reactive ketones (excluding diaryl/α,β-unsaturated/α-hetero) is 1. The lowest BCUT2D eigenvalue weighted by atomic mass is 9.96. The average Bonchev–Trinajstić information content (AvgIpc) is 3.37. The van der Waals surface area contributed by atoms with Gasteiger partial charge in [-0.1, -0.05) is 17.7 Å². The maximum Gasteiger partial charge on any atom is 0.295 e. The van der Waals surface area contributed by atoms with Gasteiger partial charge in [0.05, 0.1) is 17.9 Å². The minimum absolute atomic E-state index is 0.0537.